The summed E-state index contributed by atoms with van der Waals surface area (Å²) < 4.78 is 2.30. The first-order chi connectivity index (χ1) is 9.92. The summed E-state index contributed by atoms with van der Waals surface area (Å²) in [7, 11) is 0. The normalized spacial score (nSPS) is 18.8. The molecular weight excluding hydrogens is 246 g/mol. The maximum absolute atomic E-state index is 4.41. The summed E-state index contributed by atoms with van der Waals surface area (Å²) in [5.41, 5.74) is 5.40. The van der Waals surface area contributed by atoms with Gasteiger partial charge < -0.3 is 9.88 Å². The van der Waals surface area contributed by atoms with Gasteiger partial charge in [0.05, 0.1) is 6.33 Å². The molecule has 3 heteroatoms. The van der Waals surface area contributed by atoms with Gasteiger partial charge in [0.25, 0.3) is 0 Å². The Morgan fingerprint density at radius 2 is 2.05 bits per heavy atom. The maximum atomic E-state index is 4.41. The first-order valence-electron chi connectivity index (χ1n) is 7.81. The van der Waals surface area contributed by atoms with Crippen molar-refractivity contribution in [3.8, 4) is 5.69 Å². The molecule has 0 radical (unpaired) electrons. The Bertz CT molecular complexity index is 608. The highest BCUT2D eigenvalue weighted by Crippen LogP contribution is 2.34. The number of anilines is 1. The lowest BCUT2D eigenvalue weighted by Gasteiger charge is -2.23. The lowest BCUT2D eigenvalue weighted by atomic mass is 9.87. The summed E-state index contributed by atoms with van der Waals surface area (Å²) in [6.07, 6.45) is 11.9. The van der Waals surface area contributed by atoms with E-state index in [1.54, 1.807) is 0 Å². The molecule has 1 aliphatic carbocycles. The van der Waals surface area contributed by atoms with E-state index in [0.717, 1.165) is 13.0 Å². The summed E-state index contributed by atoms with van der Waals surface area (Å²) in [6, 6.07) is 6.75. The van der Waals surface area contributed by atoms with Gasteiger partial charge >= 0.3 is 0 Å². The standard InChI is InChI=1S/C17H21N3/c1-2-4-13(5-3-1)17-11-18-12-20(17)15-6-7-16-14(10-15)8-9-19-16/h6-7,10-13,19H,1-5,8-9H2. The van der Waals surface area contributed by atoms with Crippen molar-refractivity contribution in [3.63, 3.8) is 0 Å². The number of nitrogens with zero attached hydrogens (tertiary/aromatic N) is 2. The molecule has 4 rings (SSSR count). The second-order valence-corrected chi connectivity index (χ2v) is 6.04. The minimum atomic E-state index is 0.692. The van der Waals surface area contributed by atoms with Crippen LogP contribution in [0.3, 0.4) is 0 Å². The summed E-state index contributed by atoms with van der Waals surface area (Å²) in [4.78, 5) is 4.41. The topological polar surface area (TPSA) is 29.9 Å². The van der Waals surface area contributed by atoms with Crippen LogP contribution in [0, 0.1) is 0 Å². The first-order valence-corrected chi connectivity index (χ1v) is 7.81. The van der Waals surface area contributed by atoms with Crippen molar-refractivity contribution in [1.29, 1.82) is 0 Å². The Balaban J connectivity index is 1.70. The van der Waals surface area contributed by atoms with E-state index in [1.807, 2.05) is 6.33 Å². The van der Waals surface area contributed by atoms with Crippen LogP contribution < -0.4 is 5.32 Å². The minimum Gasteiger partial charge on any atom is -0.384 e. The lowest BCUT2D eigenvalue weighted by Crippen LogP contribution is -2.09. The fourth-order valence-electron chi connectivity index (χ4n) is 3.66. The average molecular weight is 267 g/mol. The van der Waals surface area contributed by atoms with Gasteiger partial charge in [-0.15, -0.1) is 0 Å². The van der Waals surface area contributed by atoms with E-state index in [9.17, 15) is 0 Å². The number of aromatic nitrogens is 2. The number of rotatable bonds is 2. The molecule has 2 heterocycles. The molecule has 3 nitrogen and oxygen atoms in total. The Hall–Kier alpha value is -1.77. The third-order valence-electron chi connectivity index (χ3n) is 4.77. The van der Waals surface area contributed by atoms with Gasteiger partial charge in [-0.25, -0.2) is 4.98 Å². The van der Waals surface area contributed by atoms with Gasteiger partial charge in [0, 0.05) is 35.7 Å². The Kier molecular flexibility index (Phi) is 2.98. The number of nitrogens with one attached hydrogen (secondary N) is 1. The third kappa shape index (κ3) is 2.01. The van der Waals surface area contributed by atoms with Crippen LogP contribution >= 0.6 is 0 Å². The predicted octanol–water partition coefficient (Wildman–Crippen LogP) is 3.89. The SMILES string of the molecule is c1cc2c(cc1-n1cncc1C1CCCCC1)CCN2. The van der Waals surface area contributed by atoms with Crippen molar-refractivity contribution in [2.75, 3.05) is 11.9 Å². The minimum absolute atomic E-state index is 0.692. The van der Waals surface area contributed by atoms with Crippen LogP contribution in [0.15, 0.2) is 30.7 Å². The summed E-state index contributed by atoms with van der Waals surface area (Å²) in [5, 5.41) is 3.43. The molecule has 1 aliphatic heterocycles. The fraction of sp³-hybridized carbons (Fsp3) is 0.471. The van der Waals surface area contributed by atoms with Crippen LogP contribution in [-0.4, -0.2) is 16.1 Å². The van der Waals surface area contributed by atoms with Crippen LogP contribution in [0.4, 0.5) is 5.69 Å². The molecule has 0 spiro atoms. The highest BCUT2D eigenvalue weighted by atomic mass is 15.1. The van der Waals surface area contributed by atoms with E-state index >= 15 is 0 Å². The van der Waals surface area contributed by atoms with Crippen LogP contribution in [0.2, 0.25) is 0 Å². The van der Waals surface area contributed by atoms with Gasteiger partial charge in [-0.3, -0.25) is 0 Å². The maximum Gasteiger partial charge on any atom is 0.0994 e. The van der Waals surface area contributed by atoms with Crippen molar-refractivity contribution < 1.29 is 0 Å². The van der Waals surface area contributed by atoms with Crippen LogP contribution in [0.1, 0.15) is 49.3 Å². The predicted molar refractivity (Wildman–Crippen MR) is 81.6 cm³/mol. The molecule has 0 bridgehead atoms. The van der Waals surface area contributed by atoms with Gasteiger partial charge in [0.1, 0.15) is 0 Å². The Morgan fingerprint density at radius 3 is 2.95 bits per heavy atom. The quantitative estimate of drug-likeness (QED) is 0.894. The highest BCUT2D eigenvalue weighted by molar-refractivity contribution is 5.59. The molecule has 1 N–H and O–H groups in total. The first kappa shape index (κ1) is 12.0. The molecule has 0 amide bonds. The summed E-state index contributed by atoms with van der Waals surface area (Å²) >= 11 is 0. The number of benzene rings is 1. The molecule has 20 heavy (non-hydrogen) atoms. The molecule has 1 saturated carbocycles. The van der Waals surface area contributed by atoms with Gasteiger partial charge in [0.15, 0.2) is 0 Å². The van der Waals surface area contributed by atoms with Gasteiger partial charge in [-0.1, -0.05) is 19.3 Å². The molecule has 1 aromatic heterocycles. The molecule has 2 aliphatic rings. The molecule has 104 valence electrons. The second-order valence-electron chi connectivity index (χ2n) is 6.04. The number of fused-ring (bicyclic) bond motifs is 1. The monoisotopic (exact) mass is 267 g/mol. The molecule has 0 atom stereocenters. The lowest BCUT2D eigenvalue weighted by molar-refractivity contribution is 0.433. The van der Waals surface area contributed by atoms with Crippen molar-refractivity contribution in [1.82, 2.24) is 9.55 Å². The molecule has 0 saturated heterocycles. The van der Waals surface area contributed by atoms with Crippen LogP contribution in [0.5, 0.6) is 0 Å². The zero-order valence-electron chi connectivity index (χ0n) is 11.8. The molecular formula is C17H21N3. The molecule has 2 aromatic rings. The number of hydrogen-bond donors (Lipinski definition) is 1. The van der Waals surface area contributed by atoms with E-state index in [0.29, 0.717) is 5.92 Å². The average Bonchev–Trinajstić information content (AvgIpc) is 3.16. The fourth-order valence-corrected chi connectivity index (χ4v) is 3.66. The highest BCUT2D eigenvalue weighted by Gasteiger charge is 2.20. The van der Waals surface area contributed by atoms with Crippen molar-refractivity contribution in [3.05, 3.63) is 42.0 Å². The number of hydrogen-bond acceptors (Lipinski definition) is 2. The van der Waals surface area contributed by atoms with E-state index in [1.165, 1.54) is 54.7 Å². The second kappa shape index (κ2) is 4.97. The van der Waals surface area contributed by atoms with E-state index in [2.05, 4.69) is 39.3 Å². The zero-order chi connectivity index (χ0) is 13.4. The van der Waals surface area contributed by atoms with Crippen molar-refractivity contribution in [2.45, 2.75) is 44.4 Å². The van der Waals surface area contributed by atoms with E-state index < -0.39 is 0 Å². The van der Waals surface area contributed by atoms with Crippen molar-refractivity contribution in [2.24, 2.45) is 0 Å². The largest absolute Gasteiger partial charge is 0.384 e. The molecule has 1 fully saturated rings. The van der Waals surface area contributed by atoms with Gasteiger partial charge in [0.2, 0.25) is 0 Å². The Morgan fingerprint density at radius 1 is 1.15 bits per heavy atom. The molecule has 1 aromatic carbocycles. The zero-order valence-corrected chi connectivity index (χ0v) is 11.8. The van der Waals surface area contributed by atoms with Crippen LogP contribution in [-0.2, 0) is 6.42 Å². The van der Waals surface area contributed by atoms with Crippen molar-refractivity contribution >= 4 is 5.69 Å². The van der Waals surface area contributed by atoms with E-state index in [4.69, 9.17) is 0 Å². The molecule has 0 unspecified atom stereocenters. The van der Waals surface area contributed by atoms with Crippen LogP contribution in [0.25, 0.3) is 5.69 Å². The summed E-state index contributed by atoms with van der Waals surface area (Å²) in [5.74, 6) is 0.692. The smallest absolute Gasteiger partial charge is 0.0994 e. The Labute approximate surface area is 120 Å². The van der Waals surface area contributed by atoms with Gasteiger partial charge in [-0.05, 0) is 43.0 Å². The third-order valence-corrected chi connectivity index (χ3v) is 4.77. The van der Waals surface area contributed by atoms with Gasteiger partial charge in [-0.2, -0.15) is 0 Å². The van der Waals surface area contributed by atoms with E-state index in [-0.39, 0.29) is 0 Å². The summed E-state index contributed by atoms with van der Waals surface area (Å²) in [6.45, 7) is 1.07. The number of imidazole rings is 1.